The van der Waals surface area contributed by atoms with Gasteiger partial charge in [-0.1, -0.05) is 0 Å². The number of nitrogens with zero attached hydrogens (tertiary/aromatic N) is 1. The Morgan fingerprint density at radius 1 is 0.957 bits per heavy atom. The summed E-state index contributed by atoms with van der Waals surface area (Å²) in [7, 11) is -0.817. The second kappa shape index (κ2) is 5.51. The average Bonchev–Trinajstić information content (AvgIpc) is 2.92. The Kier molecular flexibility index (Phi) is 3.65. The SMILES string of the molecule is COc1ccc(S(=O)(=O)n2cc(O)c3cc(OC)ccc32)cc1. The second-order valence-electron chi connectivity index (χ2n) is 4.87. The van der Waals surface area contributed by atoms with Crippen LogP contribution in [-0.2, 0) is 10.0 Å². The summed E-state index contributed by atoms with van der Waals surface area (Å²) in [5.41, 5.74) is 0.374. The summed E-state index contributed by atoms with van der Waals surface area (Å²) >= 11 is 0. The van der Waals surface area contributed by atoms with Gasteiger partial charge in [-0.3, -0.25) is 0 Å². The van der Waals surface area contributed by atoms with Gasteiger partial charge in [-0.05, 0) is 42.5 Å². The molecule has 0 atom stereocenters. The highest BCUT2D eigenvalue weighted by molar-refractivity contribution is 7.90. The molecular weight excluding hydrogens is 318 g/mol. The van der Waals surface area contributed by atoms with E-state index in [2.05, 4.69) is 0 Å². The van der Waals surface area contributed by atoms with E-state index in [1.54, 1.807) is 30.3 Å². The van der Waals surface area contributed by atoms with Crippen LogP contribution in [0.2, 0.25) is 0 Å². The average molecular weight is 333 g/mol. The smallest absolute Gasteiger partial charge is 0.268 e. The van der Waals surface area contributed by atoms with Gasteiger partial charge in [0.15, 0.2) is 0 Å². The van der Waals surface area contributed by atoms with E-state index < -0.39 is 10.0 Å². The van der Waals surface area contributed by atoms with Gasteiger partial charge < -0.3 is 14.6 Å². The quantitative estimate of drug-likeness (QED) is 0.794. The largest absolute Gasteiger partial charge is 0.506 e. The molecule has 23 heavy (non-hydrogen) atoms. The zero-order valence-corrected chi connectivity index (χ0v) is 13.4. The number of rotatable bonds is 4. The van der Waals surface area contributed by atoms with Crippen molar-refractivity contribution in [2.24, 2.45) is 0 Å². The molecule has 7 heteroatoms. The molecule has 0 aliphatic heterocycles. The fourth-order valence-electron chi connectivity index (χ4n) is 2.35. The molecule has 3 rings (SSSR count). The van der Waals surface area contributed by atoms with Crippen molar-refractivity contribution >= 4 is 20.9 Å². The Morgan fingerprint density at radius 3 is 2.17 bits per heavy atom. The van der Waals surface area contributed by atoms with Gasteiger partial charge in [0.25, 0.3) is 10.0 Å². The van der Waals surface area contributed by atoms with Crippen molar-refractivity contribution in [1.82, 2.24) is 3.97 Å². The maximum atomic E-state index is 12.8. The number of ether oxygens (including phenoxy) is 2. The third-order valence-corrected chi connectivity index (χ3v) is 5.26. The van der Waals surface area contributed by atoms with E-state index in [1.165, 1.54) is 32.5 Å². The Balaban J connectivity index is 2.18. The number of benzene rings is 2. The monoisotopic (exact) mass is 333 g/mol. The number of aromatic nitrogens is 1. The summed E-state index contributed by atoms with van der Waals surface area (Å²) in [5, 5.41) is 10.4. The lowest BCUT2D eigenvalue weighted by atomic mass is 10.2. The van der Waals surface area contributed by atoms with Gasteiger partial charge in [0.1, 0.15) is 17.2 Å². The maximum Gasteiger partial charge on any atom is 0.268 e. The van der Waals surface area contributed by atoms with E-state index in [0.717, 1.165) is 3.97 Å². The highest BCUT2D eigenvalue weighted by atomic mass is 32.2. The molecule has 1 aromatic heterocycles. The molecule has 0 bridgehead atoms. The van der Waals surface area contributed by atoms with Crippen LogP contribution < -0.4 is 9.47 Å². The van der Waals surface area contributed by atoms with Crippen LogP contribution >= 0.6 is 0 Å². The zero-order chi connectivity index (χ0) is 16.6. The van der Waals surface area contributed by atoms with Crippen molar-refractivity contribution in [3.05, 3.63) is 48.7 Å². The summed E-state index contributed by atoms with van der Waals surface area (Å²) in [4.78, 5) is 0.103. The molecule has 3 aromatic rings. The molecule has 1 heterocycles. The fourth-order valence-corrected chi connectivity index (χ4v) is 3.71. The minimum absolute atomic E-state index is 0.103. The molecule has 0 aliphatic carbocycles. The van der Waals surface area contributed by atoms with Crippen molar-refractivity contribution in [3.63, 3.8) is 0 Å². The van der Waals surface area contributed by atoms with E-state index >= 15 is 0 Å². The van der Waals surface area contributed by atoms with Crippen LogP contribution in [0, 0.1) is 0 Å². The molecule has 0 saturated heterocycles. The van der Waals surface area contributed by atoms with Gasteiger partial charge in [0, 0.05) is 5.39 Å². The number of hydrogen-bond acceptors (Lipinski definition) is 5. The molecule has 2 aromatic carbocycles. The Hall–Kier alpha value is -2.67. The minimum Gasteiger partial charge on any atom is -0.506 e. The van der Waals surface area contributed by atoms with E-state index in [1.807, 2.05) is 0 Å². The topological polar surface area (TPSA) is 77.8 Å². The number of methoxy groups -OCH3 is 2. The Morgan fingerprint density at radius 2 is 1.57 bits per heavy atom. The lowest BCUT2D eigenvalue weighted by molar-refractivity contribution is 0.414. The first-order valence-corrected chi connectivity index (χ1v) is 8.19. The third kappa shape index (κ3) is 2.49. The first kappa shape index (κ1) is 15.2. The molecule has 0 amide bonds. The van der Waals surface area contributed by atoms with Crippen LogP contribution in [-0.4, -0.2) is 31.7 Å². The number of hydrogen-bond donors (Lipinski definition) is 1. The molecular formula is C16H15NO5S. The maximum absolute atomic E-state index is 12.8. The minimum atomic E-state index is -3.83. The molecule has 120 valence electrons. The Labute approximate surface area is 133 Å². The highest BCUT2D eigenvalue weighted by Gasteiger charge is 2.21. The lowest BCUT2D eigenvalue weighted by Crippen LogP contribution is -2.11. The van der Waals surface area contributed by atoms with E-state index in [9.17, 15) is 13.5 Å². The third-order valence-electron chi connectivity index (χ3n) is 3.57. The highest BCUT2D eigenvalue weighted by Crippen LogP contribution is 2.33. The molecule has 0 aliphatic rings. The van der Waals surface area contributed by atoms with Crippen LogP contribution in [0.1, 0.15) is 0 Å². The van der Waals surface area contributed by atoms with E-state index in [-0.39, 0.29) is 10.6 Å². The predicted molar refractivity (Wildman–Crippen MR) is 85.7 cm³/mol. The molecule has 1 N–H and O–H groups in total. The van der Waals surface area contributed by atoms with Gasteiger partial charge in [0.05, 0.1) is 30.8 Å². The summed E-state index contributed by atoms with van der Waals surface area (Å²) in [6.07, 6.45) is 1.18. The molecule has 0 radical (unpaired) electrons. The van der Waals surface area contributed by atoms with E-state index in [4.69, 9.17) is 9.47 Å². The van der Waals surface area contributed by atoms with Gasteiger partial charge >= 0.3 is 0 Å². The lowest BCUT2D eigenvalue weighted by Gasteiger charge is -2.08. The summed E-state index contributed by atoms with van der Waals surface area (Å²) < 4.78 is 36.8. The van der Waals surface area contributed by atoms with Crippen LogP contribution in [0.25, 0.3) is 10.9 Å². The molecule has 0 fully saturated rings. The molecule has 0 unspecified atom stereocenters. The second-order valence-corrected chi connectivity index (χ2v) is 6.69. The summed E-state index contributed by atoms with van der Waals surface area (Å²) in [6, 6.07) is 10.9. The van der Waals surface area contributed by atoms with Crippen LogP contribution in [0.4, 0.5) is 0 Å². The molecule has 0 spiro atoms. The number of aromatic hydroxyl groups is 1. The summed E-state index contributed by atoms with van der Waals surface area (Å²) in [6.45, 7) is 0. The van der Waals surface area contributed by atoms with Crippen LogP contribution in [0.15, 0.2) is 53.6 Å². The normalized spacial score (nSPS) is 11.6. The number of fused-ring (bicyclic) bond motifs is 1. The van der Waals surface area contributed by atoms with Crippen molar-refractivity contribution in [2.75, 3.05) is 14.2 Å². The fraction of sp³-hybridized carbons (Fsp3) is 0.125. The van der Waals surface area contributed by atoms with Gasteiger partial charge in [-0.15, -0.1) is 0 Å². The zero-order valence-electron chi connectivity index (χ0n) is 12.6. The Bertz CT molecular complexity index is 958. The standard InChI is InChI=1S/C16H15NO5S/c1-21-11-3-6-13(7-4-11)23(19,20)17-10-16(18)14-9-12(22-2)5-8-15(14)17/h3-10,18H,1-2H3. The van der Waals surface area contributed by atoms with E-state index in [0.29, 0.717) is 22.4 Å². The van der Waals surface area contributed by atoms with Gasteiger partial charge in [0.2, 0.25) is 0 Å². The molecule has 0 saturated carbocycles. The first-order chi connectivity index (χ1) is 11.0. The predicted octanol–water partition coefficient (Wildman–Crippen LogP) is 2.60. The van der Waals surface area contributed by atoms with Crippen molar-refractivity contribution < 1.29 is 23.0 Å². The first-order valence-electron chi connectivity index (χ1n) is 6.75. The van der Waals surface area contributed by atoms with Gasteiger partial charge in [-0.2, -0.15) is 0 Å². The van der Waals surface area contributed by atoms with Gasteiger partial charge in [-0.25, -0.2) is 12.4 Å². The van der Waals surface area contributed by atoms with Crippen LogP contribution in [0.5, 0.6) is 17.2 Å². The molecule has 6 nitrogen and oxygen atoms in total. The van der Waals surface area contributed by atoms with Crippen molar-refractivity contribution in [3.8, 4) is 17.2 Å². The van der Waals surface area contributed by atoms with Crippen molar-refractivity contribution in [1.29, 1.82) is 0 Å². The summed E-state index contributed by atoms with van der Waals surface area (Å²) in [5.74, 6) is 0.970. The van der Waals surface area contributed by atoms with Crippen LogP contribution in [0.3, 0.4) is 0 Å². The van der Waals surface area contributed by atoms with Crippen molar-refractivity contribution in [2.45, 2.75) is 4.90 Å².